The van der Waals surface area contributed by atoms with Crippen molar-refractivity contribution >= 4 is 44.8 Å². The third kappa shape index (κ3) is 5.50. The number of hydrogen-bond acceptors (Lipinski definition) is 5. The smallest absolute Gasteiger partial charge is 0.244 e. The lowest BCUT2D eigenvalue weighted by atomic mass is 10.1. The van der Waals surface area contributed by atoms with Crippen LogP contribution in [0.25, 0.3) is 0 Å². The van der Waals surface area contributed by atoms with Gasteiger partial charge < -0.3 is 14.8 Å². The summed E-state index contributed by atoms with van der Waals surface area (Å²) in [6.45, 7) is 3.26. The van der Waals surface area contributed by atoms with Crippen molar-refractivity contribution in [1.29, 1.82) is 0 Å². The Labute approximate surface area is 186 Å². The maximum atomic E-state index is 12.9. The molecule has 7 nitrogen and oxygen atoms in total. The zero-order valence-corrected chi connectivity index (χ0v) is 19.6. The van der Waals surface area contributed by atoms with Crippen LogP contribution >= 0.6 is 23.2 Å². The van der Waals surface area contributed by atoms with Crippen molar-refractivity contribution in [2.45, 2.75) is 25.9 Å². The lowest BCUT2D eigenvalue weighted by Gasteiger charge is -2.29. The fourth-order valence-electron chi connectivity index (χ4n) is 3.02. The Hall–Kier alpha value is -2.16. The quantitative estimate of drug-likeness (QED) is 0.623. The van der Waals surface area contributed by atoms with Crippen LogP contribution in [0.5, 0.6) is 11.5 Å². The van der Waals surface area contributed by atoms with Gasteiger partial charge in [-0.1, -0.05) is 23.2 Å². The van der Waals surface area contributed by atoms with E-state index in [-0.39, 0.29) is 15.7 Å². The molecular formula is C20H24Cl2N2O5S. The molecule has 0 heterocycles. The fraction of sp³-hybridized carbons (Fsp3) is 0.350. The third-order valence-corrected chi connectivity index (χ3v) is 6.49. The first-order valence-corrected chi connectivity index (χ1v) is 11.6. The van der Waals surface area contributed by atoms with Crippen molar-refractivity contribution in [3.8, 4) is 11.5 Å². The molecule has 2 atom stereocenters. The summed E-state index contributed by atoms with van der Waals surface area (Å²) in [5, 5.41) is 3.30. The lowest BCUT2D eigenvalue weighted by molar-refractivity contribution is -0.122. The second-order valence-corrected chi connectivity index (χ2v) is 9.35. The van der Waals surface area contributed by atoms with E-state index in [0.717, 1.165) is 10.6 Å². The molecule has 1 N–H and O–H groups in total. The van der Waals surface area contributed by atoms with Gasteiger partial charge in [0.1, 0.15) is 17.5 Å². The Kier molecular flexibility index (Phi) is 7.85. The summed E-state index contributed by atoms with van der Waals surface area (Å²) < 4.78 is 36.5. The minimum Gasteiger partial charge on any atom is -0.497 e. The highest BCUT2D eigenvalue weighted by Crippen LogP contribution is 2.31. The highest BCUT2D eigenvalue weighted by atomic mass is 35.5. The number of nitrogens with one attached hydrogen (secondary N) is 1. The molecule has 0 fully saturated rings. The van der Waals surface area contributed by atoms with Gasteiger partial charge in [-0.3, -0.25) is 9.10 Å². The minimum absolute atomic E-state index is 0.185. The molecule has 0 radical (unpaired) electrons. The van der Waals surface area contributed by atoms with Gasteiger partial charge in [0, 0.05) is 5.56 Å². The minimum atomic E-state index is -3.79. The van der Waals surface area contributed by atoms with E-state index in [4.69, 9.17) is 32.7 Å². The number of carbonyl (C=O) groups is 1. The van der Waals surface area contributed by atoms with Crippen LogP contribution < -0.4 is 19.1 Å². The van der Waals surface area contributed by atoms with Gasteiger partial charge in [0.2, 0.25) is 15.9 Å². The van der Waals surface area contributed by atoms with Crippen molar-refractivity contribution in [2.75, 3.05) is 24.8 Å². The molecule has 2 aromatic rings. The van der Waals surface area contributed by atoms with Crippen molar-refractivity contribution in [2.24, 2.45) is 0 Å². The van der Waals surface area contributed by atoms with Gasteiger partial charge in [-0.25, -0.2) is 8.42 Å². The number of sulfonamides is 1. The molecule has 1 amide bonds. The van der Waals surface area contributed by atoms with Gasteiger partial charge in [0.15, 0.2) is 0 Å². The van der Waals surface area contributed by atoms with Gasteiger partial charge in [-0.2, -0.15) is 0 Å². The number of carbonyl (C=O) groups excluding carboxylic acids is 1. The van der Waals surface area contributed by atoms with Crippen LogP contribution in [0.3, 0.4) is 0 Å². The van der Waals surface area contributed by atoms with Crippen molar-refractivity contribution in [3.63, 3.8) is 0 Å². The molecule has 30 heavy (non-hydrogen) atoms. The predicted molar refractivity (Wildman–Crippen MR) is 119 cm³/mol. The summed E-state index contributed by atoms with van der Waals surface area (Å²) in [4.78, 5) is 12.9. The van der Waals surface area contributed by atoms with E-state index in [2.05, 4.69) is 5.32 Å². The molecule has 0 bridgehead atoms. The standard InChI is InChI=1S/C20H24Cl2N2O5S/c1-12(16-11-15(28-3)7-9-19(16)29-4)23-20(25)13(2)24(30(5,26)27)14-6-8-17(21)18(22)10-14/h6-13H,1-5H3,(H,23,25)/t12-,13-/m0/s1. The number of halogens is 2. The van der Waals surface area contributed by atoms with Gasteiger partial charge in [-0.05, 0) is 50.2 Å². The van der Waals surface area contributed by atoms with Crippen LogP contribution in [0.15, 0.2) is 36.4 Å². The van der Waals surface area contributed by atoms with Gasteiger partial charge in [0.25, 0.3) is 0 Å². The summed E-state index contributed by atoms with van der Waals surface area (Å²) in [6, 6.07) is 8.09. The highest BCUT2D eigenvalue weighted by molar-refractivity contribution is 7.92. The maximum Gasteiger partial charge on any atom is 0.244 e. The summed E-state index contributed by atoms with van der Waals surface area (Å²) in [6.07, 6.45) is 1.02. The average Bonchev–Trinajstić information content (AvgIpc) is 2.68. The van der Waals surface area contributed by atoms with Crippen molar-refractivity contribution in [3.05, 3.63) is 52.0 Å². The molecule has 10 heteroatoms. The van der Waals surface area contributed by atoms with E-state index < -0.39 is 28.0 Å². The first-order valence-electron chi connectivity index (χ1n) is 8.96. The Morgan fingerprint density at radius 2 is 1.70 bits per heavy atom. The van der Waals surface area contributed by atoms with Crippen LogP contribution in [0.1, 0.15) is 25.5 Å². The molecule has 0 spiro atoms. The van der Waals surface area contributed by atoms with E-state index in [0.29, 0.717) is 17.1 Å². The number of benzene rings is 2. The number of rotatable bonds is 8. The van der Waals surface area contributed by atoms with E-state index >= 15 is 0 Å². The predicted octanol–water partition coefficient (Wildman–Crippen LogP) is 4.04. The molecule has 0 aromatic heterocycles. The number of nitrogens with zero attached hydrogens (tertiary/aromatic N) is 1. The Morgan fingerprint density at radius 1 is 1.03 bits per heavy atom. The number of hydrogen-bond donors (Lipinski definition) is 1. The largest absolute Gasteiger partial charge is 0.497 e. The number of amides is 1. The first kappa shape index (κ1) is 24.1. The molecular weight excluding hydrogens is 451 g/mol. The topological polar surface area (TPSA) is 84.9 Å². The van der Waals surface area contributed by atoms with Crippen molar-refractivity contribution in [1.82, 2.24) is 5.32 Å². The molecule has 0 unspecified atom stereocenters. The summed E-state index contributed by atoms with van der Waals surface area (Å²) >= 11 is 12.0. The lowest BCUT2D eigenvalue weighted by Crippen LogP contribution is -2.48. The summed E-state index contributed by atoms with van der Waals surface area (Å²) in [5.74, 6) is 0.679. The van der Waals surface area contributed by atoms with Crippen molar-refractivity contribution < 1.29 is 22.7 Å². The zero-order valence-electron chi connectivity index (χ0n) is 17.3. The number of anilines is 1. The van der Waals surface area contributed by atoms with Crippen LogP contribution in [-0.4, -0.2) is 40.8 Å². The number of methoxy groups -OCH3 is 2. The Morgan fingerprint density at radius 3 is 2.23 bits per heavy atom. The van der Waals surface area contributed by atoms with Crippen LogP contribution in [0.2, 0.25) is 10.0 Å². The SMILES string of the molecule is COc1ccc(OC)c([C@H](C)NC(=O)[C@H](C)N(c2ccc(Cl)c(Cl)c2)S(C)(=O)=O)c1. The molecule has 0 aliphatic heterocycles. The second kappa shape index (κ2) is 9.76. The van der Waals surface area contributed by atoms with E-state index in [9.17, 15) is 13.2 Å². The molecule has 2 rings (SSSR count). The Bertz CT molecular complexity index is 1030. The molecule has 0 saturated carbocycles. The average molecular weight is 475 g/mol. The molecule has 164 valence electrons. The van der Waals surface area contributed by atoms with Crippen LogP contribution in [-0.2, 0) is 14.8 Å². The molecule has 0 aliphatic rings. The van der Waals surface area contributed by atoms with Crippen LogP contribution in [0, 0.1) is 0 Å². The third-order valence-electron chi connectivity index (χ3n) is 4.51. The zero-order chi connectivity index (χ0) is 22.6. The Balaban J connectivity index is 2.33. The monoisotopic (exact) mass is 474 g/mol. The molecule has 0 aliphatic carbocycles. The van der Waals surface area contributed by atoms with Gasteiger partial charge in [-0.15, -0.1) is 0 Å². The number of ether oxygens (including phenoxy) is 2. The molecule has 0 saturated heterocycles. The van der Waals surface area contributed by atoms with Gasteiger partial charge >= 0.3 is 0 Å². The summed E-state index contributed by atoms with van der Waals surface area (Å²) in [7, 11) is -0.724. The molecule has 2 aromatic carbocycles. The fourth-order valence-corrected chi connectivity index (χ4v) is 4.48. The van der Waals surface area contributed by atoms with E-state index in [1.165, 1.54) is 39.3 Å². The highest BCUT2D eigenvalue weighted by Gasteiger charge is 2.30. The van der Waals surface area contributed by atoms with E-state index in [1.807, 2.05) is 0 Å². The maximum absolute atomic E-state index is 12.9. The van der Waals surface area contributed by atoms with E-state index in [1.54, 1.807) is 25.1 Å². The first-order chi connectivity index (χ1) is 14.0. The summed E-state index contributed by atoms with van der Waals surface area (Å²) in [5.41, 5.74) is 0.930. The van der Waals surface area contributed by atoms with Gasteiger partial charge in [0.05, 0.1) is 42.2 Å². The van der Waals surface area contributed by atoms with Crippen LogP contribution in [0.4, 0.5) is 5.69 Å². The second-order valence-electron chi connectivity index (χ2n) is 6.67. The normalized spacial score (nSPS) is 13.3.